The summed E-state index contributed by atoms with van der Waals surface area (Å²) < 4.78 is 1.12. The van der Waals surface area contributed by atoms with Gasteiger partial charge in [0.15, 0.2) is 0 Å². The van der Waals surface area contributed by atoms with Crippen LogP contribution in [0.15, 0.2) is 30.3 Å². The maximum absolute atomic E-state index is 12.0. The van der Waals surface area contributed by atoms with E-state index in [0.717, 1.165) is 40.6 Å². The zero-order chi connectivity index (χ0) is 15.5. The van der Waals surface area contributed by atoms with Crippen LogP contribution in [0.5, 0.6) is 0 Å². The van der Waals surface area contributed by atoms with E-state index in [9.17, 15) is 9.90 Å². The van der Waals surface area contributed by atoms with Crippen molar-refractivity contribution in [2.45, 2.75) is 37.8 Å². The van der Waals surface area contributed by atoms with Gasteiger partial charge in [-0.2, -0.15) is 0 Å². The molecule has 2 N–H and O–H groups in total. The van der Waals surface area contributed by atoms with Crippen LogP contribution in [0.3, 0.4) is 0 Å². The molecular weight excluding hydrogens is 318 g/mol. The Morgan fingerprint density at radius 1 is 1.27 bits per heavy atom. The molecule has 3 rings (SSSR count). The summed E-state index contributed by atoms with van der Waals surface area (Å²) in [4.78, 5) is 12.9. The average molecular weight is 336 g/mol. The molecule has 1 heterocycles. The van der Waals surface area contributed by atoms with Crippen LogP contribution in [0.2, 0.25) is 5.02 Å². The minimum atomic E-state index is -0.207. The van der Waals surface area contributed by atoms with Crippen molar-refractivity contribution in [2.24, 2.45) is 0 Å². The number of halogens is 1. The molecule has 2 aromatic rings. The first-order valence-corrected chi connectivity index (χ1v) is 8.66. The summed E-state index contributed by atoms with van der Waals surface area (Å²) in [5.74, 6) is -0.102. The number of rotatable bonds is 3. The smallest absolute Gasteiger partial charge is 0.244 e. The van der Waals surface area contributed by atoms with Crippen LogP contribution in [0.25, 0.3) is 16.2 Å². The summed E-state index contributed by atoms with van der Waals surface area (Å²) in [6.07, 6.45) is 6.31. The van der Waals surface area contributed by atoms with E-state index in [1.807, 2.05) is 24.3 Å². The molecule has 0 bridgehead atoms. The third kappa shape index (κ3) is 3.51. The van der Waals surface area contributed by atoms with Crippen molar-refractivity contribution in [3.8, 4) is 0 Å². The molecule has 1 aromatic heterocycles. The lowest BCUT2D eigenvalue weighted by Gasteiger charge is -2.25. The van der Waals surface area contributed by atoms with Crippen molar-refractivity contribution < 1.29 is 9.90 Å². The number of amides is 1. The second-order valence-electron chi connectivity index (χ2n) is 5.62. The highest BCUT2D eigenvalue weighted by Crippen LogP contribution is 2.35. The van der Waals surface area contributed by atoms with Crippen LogP contribution >= 0.6 is 22.9 Å². The van der Waals surface area contributed by atoms with Crippen molar-refractivity contribution in [3.05, 3.63) is 40.2 Å². The zero-order valence-corrected chi connectivity index (χ0v) is 13.7. The maximum Gasteiger partial charge on any atom is 0.244 e. The third-order valence-corrected chi connectivity index (χ3v) is 5.64. The van der Waals surface area contributed by atoms with Crippen LogP contribution < -0.4 is 5.32 Å². The monoisotopic (exact) mass is 335 g/mol. The van der Waals surface area contributed by atoms with Crippen LogP contribution in [-0.4, -0.2) is 23.2 Å². The van der Waals surface area contributed by atoms with Gasteiger partial charge in [-0.15, -0.1) is 11.3 Å². The van der Waals surface area contributed by atoms with Gasteiger partial charge in [-0.05, 0) is 37.8 Å². The Morgan fingerprint density at radius 2 is 2.00 bits per heavy atom. The largest absolute Gasteiger partial charge is 0.393 e. The van der Waals surface area contributed by atoms with Gasteiger partial charge in [0.25, 0.3) is 0 Å². The third-order valence-electron chi connectivity index (χ3n) is 3.99. The number of aliphatic hydroxyl groups is 1. The van der Waals surface area contributed by atoms with Crippen LogP contribution in [0.4, 0.5) is 0 Å². The standard InChI is InChI=1S/C17H18ClNO2S/c18-17-13-3-1-2-4-14(13)22-15(17)9-10-16(21)19-11-5-7-12(20)8-6-11/h1-4,9-12,20H,5-8H2,(H,19,21). The van der Waals surface area contributed by atoms with Gasteiger partial charge in [0.1, 0.15) is 0 Å². The van der Waals surface area contributed by atoms with Crippen LogP contribution in [-0.2, 0) is 4.79 Å². The van der Waals surface area contributed by atoms with E-state index in [4.69, 9.17) is 11.6 Å². The SMILES string of the molecule is O=C(C=Cc1sc2ccccc2c1Cl)NC1CCC(O)CC1. The molecule has 3 nitrogen and oxygen atoms in total. The van der Waals surface area contributed by atoms with Gasteiger partial charge in [-0.1, -0.05) is 29.8 Å². The van der Waals surface area contributed by atoms with Crippen molar-refractivity contribution in [2.75, 3.05) is 0 Å². The van der Waals surface area contributed by atoms with E-state index < -0.39 is 0 Å². The van der Waals surface area contributed by atoms with Gasteiger partial charge in [0.05, 0.1) is 11.1 Å². The highest BCUT2D eigenvalue weighted by molar-refractivity contribution is 7.20. The molecule has 0 spiro atoms. The highest BCUT2D eigenvalue weighted by Gasteiger charge is 2.20. The summed E-state index contributed by atoms with van der Waals surface area (Å²) in [5, 5.41) is 14.2. The predicted octanol–water partition coefficient (Wildman–Crippen LogP) is 3.99. The maximum atomic E-state index is 12.0. The Kier molecular flexibility index (Phi) is 4.81. The molecular formula is C17H18ClNO2S. The van der Waals surface area contributed by atoms with Gasteiger partial charge in [0, 0.05) is 27.1 Å². The second kappa shape index (κ2) is 6.82. The van der Waals surface area contributed by atoms with Crippen LogP contribution in [0.1, 0.15) is 30.6 Å². The van der Waals surface area contributed by atoms with Crippen molar-refractivity contribution in [3.63, 3.8) is 0 Å². The van der Waals surface area contributed by atoms with E-state index in [2.05, 4.69) is 5.32 Å². The number of hydrogen-bond donors (Lipinski definition) is 2. The van der Waals surface area contributed by atoms with E-state index in [1.165, 1.54) is 0 Å². The molecule has 0 atom stereocenters. The number of benzene rings is 1. The topological polar surface area (TPSA) is 49.3 Å². The Hall–Kier alpha value is -1.36. The fourth-order valence-electron chi connectivity index (χ4n) is 2.76. The number of fused-ring (bicyclic) bond motifs is 1. The molecule has 1 fully saturated rings. The Bertz CT molecular complexity index is 702. The van der Waals surface area contributed by atoms with Gasteiger partial charge in [0.2, 0.25) is 5.91 Å². The fraction of sp³-hybridized carbons (Fsp3) is 0.353. The van der Waals surface area contributed by atoms with Crippen molar-refractivity contribution in [1.82, 2.24) is 5.32 Å². The van der Waals surface area contributed by atoms with Crippen molar-refractivity contribution in [1.29, 1.82) is 0 Å². The Morgan fingerprint density at radius 3 is 2.73 bits per heavy atom. The van der Waals surface area contributed by atoms with Gasteiger partial charge in [-0.25, -0.2) is 0 Å². The minimum absolute atomic E-state index is 0.102. The van der Waals surface area contributed by atoms with Crippen LogP contribution in [0, 0.1) is 0 Å². The van der Waals surface area contributed by atoms with E-state index in [1.54, 1.807) is 23.5 Å². The molecule has 0 saturated heterocycles. The van der Waals surface area contributed by atoms with E-state index >= 15 is 0 Å². The first-order chi connectivity index (χ1) is 10.6. The Labute approximate surface area is 138 Å². The van der Waals surface area contributed by atoms with E-state index in [-0.39, 0.29) is 18.1 Å². The lowest BCUT2D eigenvalue weighted by Crippen LogP contribution is -2.37. The molecule has 0 unspecified atom stereocenters. The molecule has 1 aromatic carbocycles. The van der Waals surface area contributed by atoms with Crippen molar-refractivity contribution >= 4 is 45.0 Å². The molecule has 5 heteroatoms. The summed E-state index contributed by atoms with van der Waals surface area (Å²) >= 11 is 7.93. The quantitative estimate of drug-likeness (QED) is 0.833. The molecule has 1 aliphatic carbocycles. The second-order valence-corrected chi connectivity index (χ2v) is 7.09. The average Bonchev–Trinajstić information content (AvgIpc) is 2.84. The first-order valence-electron chi connectivity index (χ1n) is 7.47. The molecule has 116 valence electrons. The number of carbonyl (C=O) groups excluding carboxylic acids is 1. The van der Waals surface area contributed by atoms with E-state index in [0.29, 0.717) is 5.02 Å². The van der Waals surface area contributed by atoms with Gasteiger partial charge >= 0.3 is 0 Å². The number of nitrogens with one attached hydrogen (secondary N) is 1. The van der Waals surface area contributed by atoms with Gasteiger partial charge < -0.3 is 10.4 Å². The highest BCUT2D eigenvalue weighted by atomic mass is 35.5. The Balaban J connectivity index is 1.65. The lowest BCUT2D eigenvalue weighted by molar-refractivity contribution is -0.117. The normalized spacial score (nSPS) is 22.3. The fourth-order valence-corrected chi connectivity index (χ4v) is 4.16. The summed E-state index contributed by atoms with van der Waals surface area (Å²) in [6, 6.07) is 8.11. The molecule has 0 aliphatic heterocycles. The summed E-state index contributed by atoms with van der Waals surface area (Å²) in [6.45, 7) is 0. The number of hydrogen-bond acceptors (Lipinski definition) is 3. The lowest BCUT2D eigenvalue weighted by atomic mass is 9.93. The first kappa shape index (κ1) is 15.5. The molecule has 1 aliphatic rings. The predicted molar refractivity (Wildman–Crippen MR) is 92.3 cm³/mol. The molecule has 22 heavy (non-hydrogen) atoms. The molecule has 1 amide bonds. The van der Waals surface area contributed by atoms with Gasteiger partial charge in [-0.3, -0.25) is 4.79 Å². The number of carbonyl (C=O) groups is 1. The number of aliphatic hydroxyl groups excluding tert-OH is 1. The molecule has 1 saturated carbocycles. The minimum Gasteiger partial charge on any atom is -0.393 e. The summed E-state index contributed by atoms with van der Waals surface area (Å²) in [7, 11) is 0. The summed E-state index contributed by atoms with van der Waals surface area (Å²) in [5.41, 5.74) is 0. The zero-order valence-electron chi connectivity index (χ0n) is 12.1. The molecule has 0 radical (unpaired) electrons. The number of thiophene rings is 1.